The molecule has 0 fully saturated rings. The minimum absolute atomic E-state index is 0.180. The molecule has 0 spiro atoms. The molecule has 0 aromatic heterocycles. The molecule has 12 heavy (non-hydrogen) atoms. The van der Waals surface area contributed by atoms with Gasteiger partial charge in [0.15, 0.2) is 0 Å². The Morgan fingerprint density at radius 2 is 1.92 bits per heavy atom. The van der Waals surface area contributed by atoms with Crippen LogP contribution < -0.4 is 5.73 Å². The van der Waals surface area contributed by atoms with Crippen molar-refractivity contribution < 1.29 is 14.6 Å². The highest BCUT2D eigenvalue weighted by Gasteiger charge is 1.94. The van der Waals surface area contributed by atoms with Gasteiger partial charge in [-0.15, -0.1) is 0 Å². The highest BCUT2D eigenvalue weighted by atomic mass is 16.5. The molecule has 0 heterocycles. The maximum Gasteiger partial charge on any atom is 0.331 e. The number of hydrogen-bond donors (Lipinski definition) is 2. The molecule has 5 heteroatoms. The normalized spacial score (nSPS) is 8.83. The minimum atomic E-state index is -0.629. The van der Waals surface area contributed by atoms with E-state index in [1.54, 1.807) is 0 Å². The molecular formula is C7H18N2O3. The van der Waals surface area contributed by atoms with Crippen molar-refractivity contribution >= 4 is 5.97 Å². The Kier molecular flexibility index (Phi) is 12.0. The smallest absolute Gasteiger partial charge is 0.331 e. The molecule has 0 unspecified atom stereocenters. The van der Waals surface area contributed by atoms with Gasteiger partial charge in [0.05, 0.1) is 0 Å². The van der Waals surface area contributed by atoms with Gasteiger partial charge in [0.25, 0.3) is 0 Å². The molecule has 0 aliphatic carbocycles. The van der Waals surface area contributed by atoms with E-state index in [4.69, 9.17) is 10.8 Å². The zero-order valence-corrected chi connectivity index (χ0v) is 7.91. The van der Waals surface area contributed by atoms with Gasteiger partial charge in [-0.1, -0.05) is 0 Å². The van der Waals surface area contributed by atoms with Crippen LogP contribution in [0.2, 0.25) is 0 Å². The lowest BCUT2D eigenvalue weighted by molar-refractivity contribution is -0.146. The van der Waals surface area contributed by atoms with Crippen molar-refractivity contribution in [2.75, 3.05) is 40.9 Å². The molecule has 3 N–H and O–H groups in total. The molecule has 0 saturated heterocycles. The number of ether oxygens (including phenoxy) is 1. The van der Waals surface area contributed by atoms with Crippen LogP contribution in [-0.4, -0.2) is 56.9 Å². The van der Waals surface area contributed by atoms with Crippen LogP contribution in [0.3, 0.4) is 0 Å². The summed E-state index contributed by atoms with van der Waals surface area (Å²) < 4.78 is 4.33. The third kappa shape index (κ3) is 22.8. The molecule has 0 aliphatic heterocycles. The number of aliphatic hydroxyl groups excluding tert-OH is 1. The maximum atomic E-state index is 10.0. The standard InChI is InChI=1S/C4H9NO3.C3H9N/c5-1-2-8-4(7)3-6;1-4(2)3/h6H,1-3,5H2;1-3H3. The Morgan fingerprint density at radius 3 is 2.17 bits per heavy atom. The Balaban J connectivity index is 0. The van der Waals surface area contributed by atoms with Crippen molar-refractivity contribution in [2.45, 2.75) is 0 Å². The lowest BCUT2D eigenvalue weighted by atomic mass is 10.7. The van der Waals surface area contributed by atoms with Crippen LogP contribution in [0.15, 0.2) is 0 Å². The van der Waals surface area contributed by atoms with E-state index >= 15 is 0 Å². The maximum absolute atomic E-state index is 10.0. The predicted molar refractivity (Wildman–Crippen MR) is 46.7 cm³/mol. The predicted octanol–water partition coefficient (Wildman–Crippen LogP) is -1.34. The number of esters is 1. The van der Waals surface area contributed by atoms with Crippen LogP contribution in [0.1, 0.15) is 0 Å². The van der Waals surface area contributed by atoms with E-state index in [1.165, 1.54) is 0 Å². The molecule has 0 atom stereocenters. The van der Waals surface area contributed by atoms with Crippen molar-refractivity contribution in [3.05, 3.63) is 0 Å². The van der Waals surface area contributed by atoms with Crippen LogP contribution in [0, 0.1) is 0 Å². The number of rotatable bonds is 3. The number of nitrogens with zero attached hydrogens (tertiary/aromatic N) is 1. The van der Waals surface area contributed by atoms with Crippen molar-refractivity contribution in [1.82, 2.24) is 4.90 Å². The zero-order valence-electron chi connectivity index (χ0n) is 7.91. The van der Waals surface area contributed by atoms with Gasteiger partial charge in [0.2, 0.25) is 0 Å². The second-order valence-electron chi connectivity index (χ2n) is 2.51. The monoisotopic (exact) mass is 178 g/mol. The highest BCUT2D eigenvalue weighted by molar-refractivity contribution is 5.70. The summed E-state index contributed by atoms with van der Waals surface area (Å²) in [5, 5.41) is 8.05. The number of aliphatic hydroxyl groups is 1. The van der Waals surface area contributed by atoms with Gasteiger partial charge in [-0.2, -0.15) is 0 Å². The number of nitrogens with two attached hydrogens (primary N) is 1. The summed E-state index contributed by atoms with van der Waals surface area (Å²) in [6, 6.07) is 0. The van der Waals surface area contributed by atoms with Crippen molar-refractivity contribution in [2.24, 2.45) is 5.73 Å². The van der Waals surface area contributed by atoms with E-state index in [0.717, 1.165) is 0 Å². The Bertz CT molecular complexity index is 104. The first-order valence-electron chi connectivity index (χ1n) is 3.62. The molecule has 0 amide bonds. The quantitative estimate of drug-likeness (QED) is 0.523. The van der Waals surface area contributed by atoms with E-state index in [1.807, 2.05) is 26.0 Å². The second kappa shape index (κ2) is 10.3. The van der Waals surface area contributed by atoms with Crippen LogP contribution in [0.5, 0.6) is 0 Å². The van der Waals surface area contributed by atoms with E-state index in [9.17, 15) is 4.79 Å². The third-order valence-corrected chi connectivity index (χ3v) is 0.510. The van der Waals surface area contributed by atoms with Gasteiger partial charge in [0.1, 0.15) is 13.2 Å². The van der Waals surface area contributed by atoms with Gasteiger partial charge < -0.3 is 20.5 Å². The van der Waals surface area contributed by atoms with Gasteiger partial charge in [-0.25, -0.2) is 4.79 Å². The fraction of sp³-hybridized carbons (Fsp3) is 0.857. The average Bonchev–Trinajstić information content (AvgIpc) is 1.99. The fourth-order valence-corrected chi connectivity index (χ4v) is 0.218. The molecule has 0 radical (unpaired) electrons. The fourth-order valence-electron chi connectivity index (χ4n) is 0.218. The van der Waals surface area contributed by atoms with Crippen LogP contribution in [-0.2, 0) is 9.53 Å². The molecule has 5 nitrogen and oxygen atoms in total. The van der Waals surface area contributed by atoms with E-state index < -0.39 is 12.6 Å². The van der Waals surface area contributed by atoms with Crippen LogP contribution >= 0.6 is 0 Å². The van der Waals surface area contributed by atoms with E-state index in [2.05, 4.69) is 4.74 Å². The van der Waals surface area contributed by atoms with Crippen molar-refractivity contribution in [3.8, 4) is 0 Å². The zero-order chi connectivity index (χ0) is 9.98. The van der Waals surface area contributed by atoms with Gasteiger partial charge >= 0.3 is 5.97 Å². The first-order valence-corrected chi connectivity index (χ1v) is 3.62. The molecule has 0 rings (SSSR count). The SMILES string of the molecule is CN(C)C.NCCOC(=O)CO. The summed E-state index contributed by atoms with van der Waals surface area (Å²) in [5.74, 6) is -0.629. The first kappa shape index (κ1) is 13.9. The summed E-state index contributed by atoms with van der Waals surface area (Å²) in [4.78, 5) is 12.0. The topological polar surface area (TPSA) is 75.8 Å². The molecular weight excluding hydrogens is 160 g/mol. The Hall–Kier alpha value is -0.650. The largest absolute Gasteiger partial charge is 0.463 e. The Labute approximate surface area is 73.1 Å². The molecule has 0 saturated carbocycles. The number of carbonyl (C=O) groups excluding carboxylic acids is 1. The summed E-state index contributed by atoms with van der Waals surface area (Å²) >= 11 is 0. The Morgan fingerprint density at radius 1 is 1.50 bits per heavy atom. The third-order valence-electron chi connectivity index (χ3n) is 0.510. The number of hydrogen-bond acceptors (Lipinski definition) is 5. The number of carbonyl (C=O) groups is 1. The van der Waals surface area contributed by atoms with Crippen LogP contribution in [0.4, 0.5) is 0 Å². The summed E-state index contributed by atoms with van der Waals surface area (Å²) in [7, 11) is 6.00. The average molecular weight is 178 g/mol. The van der Waals surface area contributed by atoms with Gasteiger partial charge in [0, 0.05) is 6.54 Å². The van der Waals surface area contributed by atoms with E-state index in [0.29, 0.717) is 6.54 Å². The van der Waals surface area contributed by atoms with Crippen LogP contribution in [0.25, 0.3) is 0 Å². The lowest BCUT2D eigenvalue weighted by Gasteiger charge is -1.96. The highest BCUT2D eigenvalue weighted by Crippen LogP contribution is 1.71. The summed E-state index contributed by atoms with van der Waals surface area (Å²) in [6.07, 6.45) is 0. The van der Waals surface area contributed by atoms with Gasteiger partial charge in [-0.3, -0.25) is 0 Å². The molecule has 0 aliphatic rings. The summed E-state index contributed by atoms with van der Waals surface area (Å²) in [6.45, 7) is -0.0921. The molecule has 0 bridgehead atoms. The first-order chi connectivity index (χ1) is 5.54. The minimum Gasteiger partial charge on any atom is -0.463 e. The van der Waals surface area contributed by atoms with E-state index in [-0.39, 0.29) is 6.61 Å². The molecule has 0 aromatic carbocycles. The molecule has 74 valence electrons. The summed E-state index contributed by atoms with van der Waals surface area (Å²) in [5.41, 5.74) is 4.97. The second-order valence-corrected chi connectivity index (χ2v) is 2.51. The van der Waals surface area contributed by atoms with Gasteiger partial charge in [-0.05, 0) is 21.1 Å². The van der Waals surface area contributed by atoms with Crippen molar-refractivity contribution in [1.29, 1.82) is 0 Å². The van der Waals surface area contributed by atoms with Crippen molar-refractivity contribution in [3.63, 3.8) is 0 Å². The lowest BCUT2D eigenvalue weighted by Crippen LogP contribution is -2.15. The molecule has 0 aromatic rings.